The number of para-hydroxylation sites is 1. The van der Waals surface area contributed by atoms with Crippen molar-refractivity contribution in [2.75, 3.05) is 10.6 Å². The van der Waals surface area contributed by atoms with E-state index in [9.17, 15) is 14.8 Å². The van der Waals surface area contributed by atoms with E-state index < -0.39 is 18.0 Å². The largest absolute Gasteiger partial charge is 0.399 e. The zero-order valence-corrected chi connectivity index (χ0v) is 19.7. The van der Waals surface area contributed by atoms with Crippen molar-refractivity contribution in [3.05, 3.63) is 59.7 Å². The van der Waals surface area contributed by atoms with Crippen LogP contribution in [0.1, 0.15) is 62.5 Å². The number of amides is 2. The molecule has 1 aliphatic heterocycles. The third-order valence-corrected chi connectivity index (χ3v) is 7.29. The van der Waals surface area contributed by atoms with Crippen LogP contribution in [-0.4, -0.2) is 29.1 Å². The van der Waals surface area contributed by atoms with Crippen molar-refractivity contribution >= 4 is 23.2 Å². The summed E-state index contributed by atoms with van der Waals surface area (Å²) in [7, 11) is 0. The Bertz CT molecular complexity index is 972. The Balaban J connectivity index is 1.52. The van der Waals surface area contributed by atoms with Crippen LogP contribution >= 0.6 is 0 Å². The first-order valence-corrected chi connectivity index (χ1v) is 12.5. The summed E-state index contributed by atoms with van der Waals surface area (Å²) in [6.45, 7) is 0.424. The third-order valence-electron chi connectivity index (χ3n) is 7.29. The lowest BCUT2D eigenvalue weighted by Crippen LogP contribution is -2.53. The Kier molecular flexibility index (Phi) is 8.19. The maximum absolute atomic E-state index is 13.8. The van der Waals surface area contributed by atoms with Crippen LogP contribution in [0, 0.1) is 5.92 Å². The fraction of sp³-hybridized carbons (Fsp3) is 0.481. The summed E-state index contributed by atoms with van der Waals surface area (Å²) in [5.74, 6) is 0.0753. The van der Waals surface area contributed by atoms with Gasteiger partial charge in [0.05, 0.1) is 18.6 Å². The van der Waals surface area contributed by atoms with Gasteiger partial charge in [-0.3, -0.25) is 20.1 Å². The predicted molar refractivity (Wildman–Crippen MR) is 133 cm³/mol. The minimum Gasteiger partial charge on any atom is -0.399 e. The monoisotopic (exact) mass is 464 g/mol. The van der Waals surface area contributed by atoms with Gasteiger partial charge in [0.15, 0.2) is 0 Å². The van der Waals surface area contributed by atoms with Crippen molar-refractivity contribution in [3.8, 4) is 0 Å². The molecule has 1 fully saturated rings. The highest BCUT2D eigenvalue weighted by atomic mass is 16.5. The van der Waals surface area contributed by atoms with E-state index >= 15 is 0 Å². The van der Waals surface area contributed by atoms with E-state index in [1.165, 1.54) is 32.1 Å². The minimum atomic E-state index is -0.611. The number of carbonyl (C=O) groups excluding carboxylic acids is 2. The lowest BCUT2D eigenvalue weighted by molar-refractivity contribution is -0.132. The van der Waals surface area contributed by atoms with Gasteiger partial charge in [-0.15, -0.1) is 0 Å². The van der Waals surface area contributed by atoms with Crippen LogP contribution in [0.5, 0.6) is 0 Å². The molecule has 1 aliphatic carbocycles. The molecular formula is C27H36N4O3. The second kappa shape index (κ2) is 11.5. The van der Waals surface area contributed by atoms with Crippen LogP contribution in [0.2, 0.25) is 0 Å². The number of hydrogen-bond acceptors (Lipinski definition) is 5. The summed E-state index contributed by atoms with van der Waals surface area (Å²) in [6, 6.07) is 14.4. The first kappa shape index (κ1) is 24.2. The van der Waals surface area contributed by atoms with Gasteiger partial charge in [0, 0.05) is 11.4 Å². The summed E-state index contributed by atoms with van der Waals surface area (Å²) in [6.07, 6.45) is 9.01. The molecule has 2 aliphatic rings. The number of hydrogen-bond donors (Lipinski definition) is 4. The van der Waals surface area contributed by atoms with E-state index in [2.05, 4.69) is 11.4 Å². The number of nitrogen functional groups attached to an aromatic ring is 1. The Morgan fingerprint density at radius 1 is 1.06 bits per heavy atom. The van der Waals surface area contributed by atoms with Crippen molar-refractivity contribution in [2.24, 2.45) is 5.92 Å². The molecule has 0 aromatic heterocycles. The number of aryl methyl sites for hydroxylation is 1. The molecule has 34 heavy (non-hydrogen) atoms. The van der Waals surface area contributed by atoms with Crippen LogP contribution < -0.4 is 21.4 Å². The average molecular weight is 465 g/mol. The van der Waals surface area contributed by atoms with E-state index in [0.29, 0.717) is 31.0 Å². The SMILES string of the molecule is Nc1ccc(CN2C(=O)C(N[C@@H](CCC3CCCCC3)C(=O)NO)CCc3ccccc32)cc1. The van der Waals surface area contributed by atoms with Gasteiger partial charge in [-0.2, -0.15) is 0 Å². The first-order chi connectivity index (χ1) is 16.5. The van der Waals surface area contributed by atoms with E-state index in [-0.39, 0.29) is 5.91 Å². The Morgan fingerprint density at radius 3 is 2.53 bits per heavy atom. The molecule has 2 aromatic rings. The second-order valence-electron chi connectivity index (χ2n) is 9.66. The van der Waals surface area contributed by atoms with Crippen LogP contribution in [0.25, 0.3) is 0 Å². The lowest BCUT2D eigenvalue weighted by Gasteiger charge is -2.29. The molecule has 4 rings (SSSR count). The molecule has 0 radical (unpaired) electrons. The highest BCUT2D eigenvalue weighted by Crippen LogP contribution is 2.30. The topological polar surface area (TPSA) is 108 Å². The van der Waals surface area contributed by atoms with Gasteiger partial charge in [0.2, 0.25) is 5.91 Å². The zero-order chi connectivity index (χ0) is 23.9. The van der Waals surface area contributed by atoms with Gasteiger partial charge in [0.1, 0.15) is 0 Å². The summed E-state index contributed by atoms with van der Waals surface area (Å²) >= 11 is 0. The molecule has 0 saturated heterocycles. The molecule has 0 spiro atoms. The molecule has 182 valence electrons. The molecule has 2 atom stereocenters. The quantitative estimate of drug-likeness (QED) is 0.269. The third kappa shape index (κ3) is 5.96. The summed E-state index contributed by atoms with van der Waals surface area (Å²) in [4.78, 5) is 28.1. The lowest BCUT2D eigenvalue weighted by atomic mass is 9.85. The number of nitrogens with two attached hydrogens (primary N) is 1. The zero-order valence-electron chi connectivity index (χ0n) is 19.7. The number of rotatable bonds is 8. The summed E-state index contributed by atoms with van der Waals surface area (Å²) < 4.78 is 0. The normalized spacial score (nSPS) is 19.9. The maximum atomic E-state index is 13.8. The Morgan fingerprint density at radius 2 is 1.79 bits per heavy atom. The molecule has 0 bridgehead atoms. The summed E-state index contributed by atoms with van der Waals surface area (Å²) in [5, 5.41) is 12.7. The molecule has 5 N–H and O–H groups in total. The number of benzene rings is 2. The van der Waals surface area contributed by atoms with Gasteiger partial charge in [-0.1, -0.05) is 62.4 Å². The number of nitrogens with zero attached hydrogens (tertiary/aromatic N) is 1. The molecule has 7 heteroatoms. The molecule has 1 saturated carbocycles. The second-order valence-corrected chi connectivity index (χ2v) is 9.66. The van der Waals surface area contributed by atoms with Crippen LogP contribution in [0.3, 0.4) is 0 Å². The van der Waals surface area contributed by atoms with Gasteiger partial charge >= 0.3 is 0 Å². The van der Waals surface area contributed by atoms with Crippen molar-refractivity contribution in [3.63, 3.8) is 0 Å². The predicted octanol–water partition coefficient (Wildman–Crippen LogP) is 3.94. The first-order valence-electron chi connectivity index (χ1n) is 12.5. The smallest absolute Gasteiger partial charge is 0.260 e. The standard InChI is InChI=1S/C27H36N4O3/c28-22-14-10-20(11-15-22)18-31-25-9-5-4-8-21(25)13-17-24(27(31)33)29-23(26(32)30-34)16-12-19-6-2-1-3-7-19/h4-5,8-11,14-15,19,23-24,29,34H,1-3,6-7,12-13,16-18,28H2,(H,30,32)/t23-,24?/m0/s1. The highest BCUT2D eigenvalue weighted by Gasteiger charge is 2.33. The van der Waals surface area contributed by atoms with Gasteiger partial charge in [-0.05, 0) is 60.9 Å². The molecule has 2 amide bonds. The maximum Gasteiger partial charge on any atom is 0.260 e. The van der Waals surface area contributed by atoms with Gasteiger partial charge in [-0.25, -0.2) is 5.48 Å². The number of anilines is 2. The fourth-order valence-corrected chi connectivity index (χ4v) is 5.33. The highest BCUT2D eigenvalue weighted by molar-refractivity contribution is 5.99. The minimum absolute atomic E-state index is 0.0600. The summed E-state index contributed by atoms with van der Waals surface area (Å²) in [5.41, 5.74) is 11.3. The number of carbonyl (C=O) groups is 2. The van der Waals surface area contributed by atoms with Crippen LogP contribution in [0.15, 0.2) is 48.5 Å². The van der Waals surface area contributed by atoms with E-state index in [1.807, 2.05) is 47.9 Å². The molecule has 2 aromatic carbocycles. The number of hydroxylamine groups is 1. The molecular weight excluding hydrogens is 428 g/mol. The Labute approximate surface area is 201 Å². The van der Waals surface area contributed by atoms with Crippen molar-refractivity contribution in [2.45, 2.75) is 76.4 Å². The van der Waals surface area contributed by atoms with Crippen molar-refractivity contribution in [1.29, 1.82) is 0 Å². The molecule has 1 unspecified atom stereocenters. The Hall–Kier alpha value is -2.90. The molecule has 7 nitrogen and oxygen atoms in total. The number of nitrogens with one attached hydrogen (secondary N) is 2. The fourth-order valence-electron chi connectivity index (χ4n) is 5.33. The molecule has 1 heterocycles. The average Bonchev–Trinajstić information content (AvgIpc) is 3.00. The number of fused-ring (bicyclic) bond motifs is 1. The van der Waals surface area contributed by atoms with E-state index in [1.54, 1.807) is 4.90 Å². The van der Waals surface area contributed by atoms with Crippen molar-refractivity contribution < 1.29 is 14.8 Å². The van der Waals surface area contributed by atoms with E-state index in [4.69, 9.17) is 5.73 Å². The van der Waals surface area contributed by atoms with Gasteiger partial charge in [0.25, 0.3) is 5.91 Å². The van der Waals surface area contributed by atoms with Crippen LogP contribution in [-0.2, 0) is 22.6 Å². The van der Waals surface area contributed by atoms with Crippen LogP contribution in [0.4, 0.5) is 11.4 Å². The van der Waals surface area contributed by atoms with E-state index in [0.717, 1.165) is 29.7 Å². The van der Waals surface area contributed by atoms with Gasteiger partial charge < -0.3 is 10.6 Å². The van der Waals surface area contributed by atoms with Crippen molar-refractivity contribution in [1.82, 2.24) is 10.8 Å².